The first-order chi connectivity index (χ1) is 6.75. The molecule has 2 aromatic rings. The molecule has 2 nitrogen and oxygen atoms in total. The Morgan fingerprint density at radius 3 is 2.43 bits per heavy atom. The van der Waals surface area contributed by atoms with Gasteiger partial charge in [-0.3, -0.25) is 0 Å². The highest BCUT2D eigenvalue weighted by atomic mass is 127. The molecule has 14 heavy (non-hydrogen) atoms. The Kier molecular flexibility index (Phi) is 2.98. The summed E-state index contributed by atoms with van der Waals surface area (Å²) < 4.78 is 1.20. The van der Waals surface area contributed by atoms with Gasteiger partial charge in [0.15, 0.2) is 0 Å². The maximum absolute atomic E-state index is 5.77. The predicted octanol–water partition coefficient (Wildman–Crippen LogP) is 3.40. The van der Waals surface area contributed by atoms with Gasteiger partial charge in [0, 0.05) is 15.2 Å². The Labute approximate surface area is 100 Å². The van der Waals surface area contributed by atoms with Crippen molar-refractivity contribution >= 4 is 34.2 Å². The van der Waals surface area contributed by atoms with E-state index in [2.05, 4.69) is 32.6 Å². The number of benzene rings is 1. The van der Waals surface area contributed by atoms with Gasteiger partial charge >= 0.3 is 0 Å². The molecular formula is C10H6ClIN2. The number of rotatable bonds is 1. The van der Waals surface area contributed by atoms with Crippen LogP contribution in [0.5, 0.6) is 0 Å². The summed E-state index contributed by atoms with van der Waals surface area (Å²) >= 11 is 8.04. The third-order valence-electron chi connectivity index (χ3n) is 1.77. The predicted molar refractivity (Wildman–Crippen MR) is 65.2 cm³/mol. The molecule has 1 aromatic carbocycles. The van der Waals surface area contributed by atoms with E-state index in [0.717, 1.165) is 11.3 Å². The normalized spacial score (nSPS) is 10.1. The summed E-state index contributed by atoms with van der Waals surface area (Å²) in [7, 11) is 0. The monoisotopic (exact) mass is 316 g/mol. The summed E-state index contributed by atoms with van der Waals surface area (Å²) in [6.07, 6.45) is 1.47. The van der Waals surface area contributed by atoms with E-state index in [4.69, 9.17) is 11.6 Å². The number of hydrogen-bond acceptors (Lipinski definition) is 2. The van der Waals surface area contributed by atoms with Crippen LogP contribution in [-0.4, -0.2) is 9.97 Å². The third kappa shape index (κ3) is 2.22. The van der Waals surface area contributed by atoms with Crippen LogP contribution in [0.3, 0.4) is 0 Å². The molecule has 4 heteroatoms. The first kappa shape index (κ1) is 9.86. The van der Waals surface area contributed by atoms with Crippen molar-refractivity contribution < 1.29 is 0 Å². The second kappa shape index (κ2) is 4.23. The zero-order valence-corrected chi connectivity index (χ0v) is 10.0. The first-order valence-electron chi connectivity index (χ1n) is 3.99. The molecule has 1 heterocycles. The summed E-state index contributed by atoms with van der Waals surface area (Å²) in [5.41, 5.74) is 1.90. The van der Waals surface area contributed by atoms with Crippen LogP contribution >= 0.6 is 34.2 Å². The topological polar surface area (TPSA) is 25.8 Å². The molecule has 0 bridgehead atoms. The molecule has 0 unspecified atom stereocenters. The Bertz CT molecular complexity index is 442. The molecular weight excluding hydrogens is 310 g/mol. The molecule has 0 N–H and O–H groups in total. The second-order valence-corrected chi connectivity index (χ2v) is 4.37. The lowest BCUT2D eigenvalue weighted by atomic mass is 10.1. The van der Waals surface area contributed by atoms with Crippen molar-refractivity contribution in [1.29, 1.82) is 0 Å². The summed E-state index contributed by atoms with van der Waals surface area (Å²) in [5.74, 6) is 0. The maximum Gasteiger partial charge on any atom is 0.133 e. The van der Waals surface area contributed by atoms with Gasteiger partial charge in [0.2, 0.25) is 0 Å². The lowest BCUT2D eigenvalue weighted by molar-refractivity contribution is 1.17. The zero-order chi connectivity index (χ0) is 9.97. The second-order valence-electron chi connectivity index (χ2n) is 2.73. The molecule has 0 atom stereocenters. The number of nitrogens with zero attached hydrogens (tertiary/aromatic N) is 2. The highest BCUT2D eigenvalue weighted by Crippen LogP contribution is 2.19. The van der Waals surface area contributed by atoms with Crippen LogP contribution in [0.25, 0.3) is 11.3 Å². The van der Waals surface area contributed by atoms with Crippen LogP contribution in [0.4, 0.5) is 0 Å². The van der Waals surface area contributed by atoms with E-state index in [1.165, 1.54) is 9.90 Å². The molecule has 0 aliphatic carbocycles. The fourth-order valence-electron chi connectivity index (χ4n) is 1.11. The molecule has 2 rings (SSSR count). The maximum atomic E-state index is 5.77. The Balaban J connectivity index is 2.44. The van der Waals surface area contributed by atoms with Gasteiger partial charge < -0.3 is 0 Å². The van der Waals surface area contributed by atoms with Gasteiger partial charge in [-0.15, -0.1) is 0 Å². The summed E-state index contributed by atoms with van der Waals surface area (Å²) in [6.45, 7) is 0. The summed E-state index contributed by atoms with van der Waals surface area (Å²) in [4.78, 5) is 7.98. The highest BCUT2D eigenvalue weighted by molar-refractivity contribution is 14.1. The van der Waals surface area contributed by atoms with Crippen molar-refractivity contribution in [3.63, 3.8) is 0 Å². The lowest BCUT2D eigenvalue weighted by Crippen LogP contribution is -1.85. The first-order valence-corrected chi connectivity index (χ1v) is 5.45. The smallest absolute Gasteiger partial charge is 0.133 e. The van der Waals surface area contributed by atoms with Crippen molar-refractivity contribution in [2.24, 2.45) is 0 Å². The van der Waals surface area contributed by atoms with E-state index in [1.54, 1.807) is 6.07 Å². The van der Waals surface area contributed by atoms with Crippen LogP contribution in [0.1, 0.15) is 0 Å². The van der Waals surface area contributed by atoms with E-state index >= 15 is 0 Å². The van der Waals surface area contributed by atoms with Crippen LogP contribution in [-0.2, 0) is 0 Å². The highest BCUT2D eigenvalue weighted by Gasteiger charge is 1.99. The molecule has 0 saturated heterocycles. The van der Waals surface area contributed by atoms with Crippen molar-refractivity contribution in [3.05, 3.63) is 45.4 Å². The van der Waals surface area contributed by atoms with Gasteiger partial charge in [-0.05, 0) is 34.7 Å². The van der Waals surface area contributed by atoms with Gasteiger partial charge in [-0.2, -0.15) is 0 Å². The number of hydrogen-bond donors (Lipinski definition) is 0. The minimum atomic E-state index is 0.466. The van der Waals surface area contributed by atoms with E-state index in [1.807, 2.05) is 24.3 Å². The number of halogens is 2. The molecule has 0 fully saturated rings. The zero-order valence-electron chi connectivity index (χ0n) is 7.11. The Hall–Kier alpha value is -0.680. The molecule has 1 aromatic heterocycles. The van der Waals surface area contributed by atoms with E-state index in [0.29, 0.717) is 5.15 Å². The van der Waals surface area contributed by atoms with Crippen molar-refractivity contribution in [3.8, 4) is 11.3 Å². The van der Waals surface area contributed by atoms with Crippen LogP contribution < -0.4 is 0 Å². The minimum Gasteiger partial charge on any atom is -0.236 e. The van der Waals surface area contributed by atoms with Crippen molar-refractivity contribution in [2.45, 2.75) is 0 Å². The quantitative estimate of drug-likeness (QED) is 0.595. The number of aromatic nitrogens is 2. The molecule has 0 aliphatic rings. The summed E-state index contributed by atoms with van der Waals surface area (Å²) in [6, 6.07) is 9.85. The fraction of sp³-hybridized carbons (Fsp3) is 0. The van der Waals surface area contributed by atoms with Gasteiger partial charge in [-0.1, -0.05) is 23.7 Å². The van der Waals surface area contributed by atoms with Gasteiger partial charge in [0.05, 0.1) is 5.69 Å². The van der Waals surface area contributed by atoms with E-state index in [-0.39, 0.29) is 0 Å². The SMILES string of the molecule is Clc1cc(-c2ccc(I)cc2)ncn1. The summed E-state index contributed by atoms with van der Waals surface area (Å²) in [5, 5.41) is 0.466. The van der Waals surface area contributed by atoms with Crippen LogP contribution in [0.15, 0.2) is 36.7 Å². The van der Waals surface area contributed by atoms with Crippen molar-refractivity contribution in [1.82, 2.24) is 9.97 Å². The standard InChI is InChI=1S/C10H6ClIN2/c11-10-5-9(13-6-14-10)7-1-3-8(12)4-2-7/h1-6H. The van der Waals surface area contributed by atoms with Gasteiger partial charge in [0.25, 0.3) is 0 Å². The molecule has 0 spiro atoms. The molecule has 0 radical (unpaired) electrons. The lowest BCUT2D eigenvalue weighted by Gasteiger charge is -2.00. The van der Waals surface area contributed by atoms with Gasteiger partial charge in [0.1, 0.15) is 11.5 Å². The molecule has 0 aliphatic heterocycles. The molecule has 0 saturated carbocycles. The van der Waals surface area contributed by atoms with Gasteiger partial charge in [-0.25, -0.2) is 9.97 Å². The van der Waals surface area contributed by atoms with Crippen LogP contribution in [0, 0.1) is 3.57 Å². The average Bonchev–Trinajstić information content (AvgIpc) is 2.19. The average molecular weight is 317 g/mol. The Morgan fingerprint density at radius 2 is 1.79 bits per heavy atom. The minimum absolute atomic E-state index is 0.466. The van der Waals surface area contributed by atoms with E-state index < -0.39 is 0 Å². The van der Waals surface area contributed by atoms with E-state index in [9.17, 15) is 0 Å². The largest absolute Gasteiger partial charge is 0.236 e. The van der Waals surface area contributed by atoms with Crippen molar-refractivity contribution in [2.75, 3.05) is 0 Å². The third-order valence-corrected chi connectivity index (χ3v) is 2.70. The van der Waals surface area contributed by atoms with Crippen LogP contribution in [0.2, 0.25) is 5.15 Å². The molecule has 0 amide bonds. The Morgan fingerprint density at radius 1 is 1.07 bits per heavy atom. The fourth-order valence-corrected chi connectivity index (χ4v) is 1.62. The molecule has 70 valence electrons.